The van der Waals surface area contributed by atoms with Crippen molar-refractivity contribution in [1.29, 1.82) is 0 Å². The number of carbonyl (C=O) groups is 1. The molecule has 0 bridgehead atoms. The predicted molar refractivity (Wildman–Crippen MR) is 85.3 cm³/mol. The van der Waals surface area contributed by atoms with Crippen LogP contribution in [0.15, 0.2) is 42.7 Å². The fourth-order valence-electron chi connectivity index (χ4n) is 3.04. The van der Waals surface area contributed by atoms with Crippen LogP contribution in [0.25, 0.3) is 16.9 Å². The van der Waals surface area contributed by atoms with Crippen LogP contribution in [0.2, 0.25) is 0 Å². The summed E-state index contributed by atoms with van der Waals surface area (Å²) in [5.74, 6) is 1.00. The van der Waals surface area contributed by atoms with E-state index in [1.807, 2.05) is 47.1 Å². The Balaban J connectivity index is 1.79. The Morgan fingerprint density at radius 3 is 2.68 bits per heavy atom. The van der Waals surface area contributed by atoms with Gasteiger partial charge in [0.1, 0.15) is 17.2 Å². The number of pyridine rings is 2. The molecule has 5 heteroatoms. The largest absolute Gasteiger partial charge is 0.357 e. The monoisotopic (exact) mass is 292 g/mol. The van der Waals surface area contributed by atoms with Crippen LogP contribution in [0.5, 0.6) is 0 Å². The van der Waals surface area contributed by atoms with Gasteiger partial charge in [-0.1, -0.05) is 6.07 Å². The van der Waals surface area contributed by atoms with Crippen LogP contribution < -0.4 is 4.90 Å². The van der Waals surface area contributed by atoms with Gasteiger partial charge in [0, 0.05) is 31.0 Å². The van der Waals surface area contributed by atoms with Gasteiger partial charge in [0.15, 0.2) is 6.29 Å². The van der Waals surface area contributed by atoms with Gasteiger partial charge >= 0.3 is 0 Å². The molecule has 0 N–H and O–H groups in total. The van der Waals surface area contributed by atoms with Crippen LogP contribution in [-0.2, 0) is 0 Å². The Labute approximate surface area is 128 Å². The van der Waals surface area contributed by atoms with E-state index in [9.17, 15) is 4.79 Å². The van der Waals surface area contributed by atoms with Crippen molar-refractivity contribution in [1.82, 2.24) is 14.4 Å². The summed E-state index contributed by atoms with van der Waals surface area (Å²) in [6.07, 6.45) is 7.00. The molecular formula is C17H16N4O. The number of nitrogens with zero attached hydrogens (tertiary/aromatic N) is 4. The van der Waals surface area contributed by atoms with Gasteiger partial charge in [0.25, 0.3) is 0 Å². The summed E-state index contributed by atoms with van der Waals surface area (Å²) in [6.45, 7) is 2.14. The maximum atomic E-state index is 11.3. The second kappa shape index (κ2) is 5.26. The van der Waals surface area contributed by atoms with Gasteiger partial charge in [-0.15, -0.1) is 0 Å². The Morgan fingerprint density at radius 2 is 1.95 bits per heavy atom. The van der Waals surface area contributed by atoms with E-state index in [4.69, 9.17) is 0 Å². The number of imidazole rings is 1. The standard InChI is InChI=1S/C17H16N4O/c22-12-14-17(21-10-2-1-5-16(21)19-14)13-6-7-15(18-11-13)20-8-3-4-9-20/h1-2,5-7,10-12H,3-4,8-9H2. The highest BCUT2D eigenvalue weighted by molar-refractivity contribution is 5.86. The van der Waals surface area contributed by atoms with E-state index in [0.29, 0.717) is 5.69 Å². The third kappa shape index (κ3) is 2.06. The van der Waals surface area contributed by atoms with Gasteiger partial charge in [0.05, 0.1) is 5.69 Å². The third-order valence-corrected chi connectivity index (χ3v) is 4.12. The molecule has 0 aliphatic carbocycles. The van der Waals surface area contributed by atoms with E-state index < -0.39 is 0 Å². The maximum Gasteiger partial charge on any atom is 0.170 e. The second-order valence-corrected chi connectivity index (χ2v) is 5.49. The number of hydrogen-bond acceptors (Lipinski definition) is 4. The number of rotatable bonds is 3. The van der Waals surface area contributed by atoms with Crippen molar-refractivity contribution in [3.05, 3.63) is 48.4 Å². The minimum absolute atomic E-state index is 0.446. The summed E-state index contributed by atoms with van der Waals surface area (Å²) in [5, 5.41) is 0. The van der Waals surface area contributed by atoms with Gasteiger partial charge < -0.3 is 4.90 Å². The van der Waals surface area contributed by atoms with Gasteiger partial charge in [-0.25, -0.2) is 9.97 Å². The van der Waals surface area contributed by atoms with E-state index in [1.54, 1.807) is 0 Å². The zero-order chi connectivity index (χ0) is 14.9. The van der Waals surface area contributed by atoms with Gasteiger partial charge in [-0.3, -0.25) is 9.20 Å². The van der Waals surface area contributed by atoms with E-state index in [2.05, 4.69) is 14.9 Å². The average Bonchev–Trinajstić information content (AvgIpc) is 3.22. The number of anilines is 1. The molecule has 1 aliphatic rings. The Hall–Kier alpha value is -2.69. The maximum absolute atomic E-state index is 11.3. The quantitative estimate of drug-likeness (QED) is 0.697. The highest BCUT2D eigenvalue weighted by atomic mass is 16.1. The molecule has 4 rings (SSSR count). The molecule has 5 nitrogen and oxygen atoms in total. The Bertz CT molecular complexity index is 816. The minimum atomic E-state index is 0.446. The fraction of sp³-hybridized carbons (Fsp3) is 0.235. The molecule has 0 saturated carbocycles. The van der Waals surface area contributed by atoms with E-state index in [-0.39, 0.29) is 0 Å². The number of aldehydes is 1. The van der Waals surface area contributed by atoms with Gasteiger partial charge in [0.2, 0.25) is 0 Å². The van der Waals surface area contributed by atoms with Crippen LogP contribution in [0.4, 0.5) is 5.82 Å². The lowest BCUT2D eigenvalue weighted by Crippen LogP contribution is -2.18. The zero-order valence-corrected chi connectivity index (χ0v) is 12.1. The molecule has 4 heterocycles. The lowest BCUT2D eigenvalue weighted by Gasteiger charge is -2.16. The number of aromatic nitrogens is 3. The average molecular weight is 292 g/mol. The van der Waals surface area contributed by atoms with Crippen molar-refractivity contribution >= 4 is 17.8 Å². The summed E-state index contributed by atoms with van der Waals surface area (Å²) in [4.78, 5) is 22.6. The molecule has 1 fully saturated rings. The topological polar surface area (TPSA) is 50.5 Å². The van der Waals surface area contributed by atoms with Crippen LogP contribution >= 0.6 is 0 Å². The first kappa shape index (κ1) is 13.0. The highest BCUT2D eigenvalue weighted by Gasteiger charge is 2.16. The van der Waals surface area contributed by atoms with Crippen molar-refractivity contribution in [2.75, 3.05) is 18.0 Å². The van der Waals surface area contributed by atoms with E-state index >= 15 is 0 Å². The molecule has 0 spiro atoms. The Kier molecular flexibility index (Phi) is 3.11. The number of hydrogen-bond donors (Lipinski definition) is 0. The third-order valence-electron chi connectivity index (χ3n) is 4.12. The summed E-state index contributed by atoms with van der Waals surface area (Å²) in [5.41, 5.74) is 2.92. The molecule has 1 aliphatic heterocycles. The van der Waals surface area contributed by atoms with Crippen molar-refractivity contribution in [3.63, 3.8) is 0 Å². The highest BCUT2D eigenvalue weighted by Crippen LogP contribution is 2.26. The predicted octanol–water partition coefficient (Wildman–Crippen LogP) is 2.81. The van der Waals surface area contributed by atoms with Crippen LogP contribution in [0, 0.1) is 0 Å². The molecule has 0 amide bonds. The SMILES string of the molecule is O=Cc1nc2ccccn2c1-c1ccc(N2CCCC2)nc1. The molecule has 3 aromatic heterocycles. The molecule has 3 aromatic rings. The molecule has 0 aromatic carbocycles. The first-order valence-electron chi connectivity index (χ1n) is 7.50. The number of carbonyl (C=O) groups excluding carboxylic acids is 1. The number of fused-ring (bicyclic) bond motifs is 1. The van der Waals surface area contributed by atoms with Gasteiger partial charge in [-0.2, -0.15) is 0 Å². The molecule has 0 unspecified atom stereocenters. The second-order valence-electron chi connectivity index (χ2n) is 5.49. The summed E-state index contributed by atoms with van der Waals surface area (Å²) < 4.78 is 1.93. The van der Waals surface area contributed by atoms with Crippen LogP contribution in [0.3, 0.4) is 0 Å². The van der Waals surface area contributed by atoms with Crippen molar-refractivity contribution in [2.45, 2.75) is 12.8 Å². The Morgan fingerprint density at radius 1 is 1.09 bits per heavy atom. The summed E-state index contributed by atoms with van der Waals surface area (Å²) in [7, 11) is 0. The van der Waals surface area contributed by atoms with Gasteiger partial charge in [-0.05, 0) is 37.1 Å². The minimum Gasteiger partial charge on any atom is -0.357 e. The first-order valence-corrected chi connectivity index (χ1v) is 7.50. The molecular weight excluding hydrogens is 276 g/mol. The normalized spacial score (nSPS) is 14.6. The molecule has 22 heavy (non-hydrogen) atoms. The molecule has 110 valence electrons. The van der Waals surface area contributed by atoms with Crippen molar-refractivity contribution < 1.29 is 4.79 Å². The van der Waals surface area contributed by atoms with Crippen LogP contribution in [0.1, 0.15) is 23.3 Å². The smallest absolute Gasteiger partial charge is 0.170 e. The summed E-state index contributed by atoms with van der Waals surface area (Å²) >= 11 is 0. The molecule has 0 radical (unpaired) electrons. The summed E-state index contributed by atoms with van der Waals surface area (Å²) in [6, 6.07) is 9.78. The molecule has 1 saturated heterocycles. The van der Waals surface area contributed by atoms with E-state index in [1.165, 1.54) is 12.8 Å². The van der Waals surface area contributed by atoms with Crippen molar-refractivity contribution in [2.24, 2.45) is 0 Å². The van der Waals surface area contributed by atoms with Crippen LogP contribution in [-0.4, -0.2) is 33.7 Å². The van der Waals surface area contributed by atoms with Crippen molar-refractivity contribution in [3.8, 4) is 11.3 Å². The van der Waals surface area contributed by atoms with E-state index in [0.717, 1.165) is 42.1 Å². The molecule has 0 atom stereocenters. The lowest BCUT2D eigenvalue weighted by molar-refractivity contribution is 0.112. The first-order chi connectivity index (χ1) is 10.9. The lowest BCUT2D eigenvalue weighted by atomic mass is 10.1. The zero-order valence-electron chi connectivity index (χ0n) is 12.1. The fourth-order valence-corrected chi connectivity index (χ4v) is 3.04.